The minimum atomic E-state index is -0.0130. The fourth-order valence-electron chi connectivity index (χ4n) is 1.46. The van der Waals surface area contributed by atoms with Gasteiger partial charge in [-0.1, -0.05) is 41.2 Å². The monoisotopic (exact) mass is 293 g/mol. The van der Waals surface area contributed by atoms with Crippen LogP contribution in [0, 0.1) is 6.92 Å². The van der Waals surface area contributed by atoms with E-state index in [9.17, 15) is 4.79 Å². The van der Waals surface area contributed by atoms with Crippen molar-refractivity contribution in [3.63, 3.8) is 0 Å². The third kappa shape index (κ3) is 4.04. The van der Waals surface area contributed by atoms with Gasteiger partial charge in [0.05, 0.1) is 0 Å². The smallest absolute Gasteiger partial charge is 0.227 e. The Morgan fingerprint density at radius 3 is 2.74 bits per heavy atom. The third-order valence-electron chi connectivity index (χ3n) is 2.50. The van der Waals surface area contributed by atoms with Crippen molar-refractivity contribution in [3.8, 4) is 10.6 Å². The van der Waals surface area contributed by atoms with Crippen LogP contribution in [0.15, 0.2) is 24.3 Å². The quantitative estimate of drug-likeness (QED) is 0.919. The Kier molecular flexibility index (Phi) is 4.93. The van der Waals surface area contributed by atoms with Crippen LogP contribution in [0.3, 0.4) is 0 Å². The second-order valence-corrected chi connectivity index (χ2v) is 6.03. The van der Waals surface area contributed by atoms with Crippen molar-refractivity contribution in [1.29, 1.82) is 0 Å². The van der Waals surface area contributed by atoms with Gasteiger partial charge in [-0.05, 0) is 13.2 Å². The number of benzene rings is 1. The zero-order valence-electron chi connectivity index (χ0n) is 10.8. The summed E-state index contributed by atoms with van der Waals surface area (Å²) in [6.07, 6.45) is 2.48. The highest BCUT2D eigenvalue weighted by Gasteiger charge is 2.09. The van der Waals surface area contributed by atoms with Crippen LogP contribution in [-0.2, 0) is 4.79 Å². The number of aryl methyl sites for hydroxylation is 1. The summed E-state index contributed by atoms with van der Waals surface area (Å²) in [6.45, 7) is 2.04. The van der Waals surface area contributed by atoms with Crippen LogP contribution >= 0.6 is 23.1 Å². The average molecular weight is 293 g/mol. The maximum absolute atomic E-state index is 11.6. The summed E-state index contributed by atoms with van der Waals surface area (Å²) in [4.78, 5) is 11.6. The molecule has 0 aliphatic carbocycles. The van der Waals surface area contributed by atoms with Gasteiger partial charge in [-0.15, -0.1) is 10.2 Å². The van der Waals surface area contributed by atoms with Crippen LogP contribution in [-0.4, -0.2) is 28.1 Å². The van der Waals surface area contributed by atoms with E-state index in [0.29, 0.717) is 11.6 Å². The number of amides is 1. The van der Waals surface area contributed by atoms with Gasteiger partial charge in [-0.2, -0.15) is 11.8 Å². The van der Waals surface area contributed by atoms with Crippen LogP contribution in [0.5, 0.6) is 0 Å². The van der Waals surface area contributed by atoms with E-state index >= 15 is 0 Å². The molecule has 0 radical (unpaired) electrons. The molecule has 0 fully saturated rings. The lowest BCUT2D eigenvalue weighted by molar-refractivity contribution is -0.115. The predicted molar refractivity (Wildman–Crippen MR) is 81.7 cm³/mol. The molecule has 0 aliphatic heterocycles. The molecule has 0 unspecified atom stereocenters. The van der Waals surface area contributed by atoms with Crippen molar-refractivity contribution < 1.29 is 4.79 Å². The highest BCUT2D eigenvalue weighted by molar-refractivity contribution is 7.98. The molecule has 2 aromatic rings. The molecule has 19 heavy (non-hydrogen) atoms. The van der Waals surface area contributed by atoms with Crippen molar-refractivity contribution in [2.75, 3.05) is 17.3 Å². The maximum Gasteiger partial charge on any atom is 0.227 e. The highest BCUT2D eigenvalue weighted by atomic mass is 32.2. The second kappa shape index (κ2) is 6.68. The molecule has 0 spiro atoms. The standard InChI is InChI=1S/C13H15N3OS2/c1-9-3-5-10(6-4-9)12-15-16-13(19-12)14-11(17)7-8-18-2/h3-6H,7-8H2,1-2H3,(H,14,16,17). The Labute approximate surface area is 120 Å². The molecule has 0 atom stereocenters. The Hall–Kier alpha value is -1.40. The number of hydrogen-bond acceptors (Lipinski definition) is 5. The lowest BCUT2D eigenvalue weighted by atomic mass is 10.2. The largest absolute Gasteiger partial charge is 0.300 e. The number of carbonyl (C=O) groups excluding carboxylic acids is 1. The molecular weight excluding hydrogens is 278 g/mol. The van der Waals surface area contributed by atoms with Crippen LogP contribution in [0.4, 0.5) is 5.13 Å². The number of hydrogen-bond donors (Lipinski definition) is 1. The number of nitrogens with zero attached hydrogens (tertiary/aromatic N) is 2. The van der Waals surface area contributed by atoms with Gasteiger partial charge in [-0.3, -0.25) is 4.79 Å². The van der Waals surface area contributed by atoms with Crippen molar-refractivity contribution in [3.05, 3.63) is 29.8 Å². The summed E-state index contributed by atoms with van der Waals surface area (Å²) >= 11 is 3.04. The SMILES string of the molecule is CSCCC(=O)Nc1nnc(-c2ccc(C)cc2)s1. The van der Waals surface area contributed by atoms with Crippen molar-refractivity contribution in [2.24, 2.45) is 0 Å². The Morgan fingerprint density at radius 2 is 2.05 bits per heavy atom. The molecule has 100 valence electrons. The van der Waals surface area contributed by atoms with Gasteiger partial charge in [0.1, 0.15) is 5.01 Å². The van der Waals surface area contributed by atoms with Gasteiger partial charge in [0.2, 0.25) is 11.0 Å². The summed E-state index contributed by atoms with van der Waals surface area (Å²) in [7, 11) is 0. The number of anilines is 1. The van der Waals surface area contributed by atoms with E-state index in [1.165, 1.54) is 16.9 Å². The van der Waals surface area contributed by atoms with Crippen LogP contribution in [0.25, 0.3) is 10.6 Å². The Bertz CT molecular complexity index is 551. The van der Waals surface area contributed by atoms with Crippen molar-refractivity contribution in [1.82, 2.24) is 10.2 Å². The van der Waals surface area contributed by atoms with E-state index in [2.05, 4.69) is 15.5 Å². The number of aromatic nitrogens is 2. The highest BCUT2D eigenvalue weighted by Crippen LogP contribution is 2.26. The Balaban J connectivity index is 2.02. The zero-order valence-corrected chi connectivity index (χ0v) is 12.5. The molecule has 1 heterocycles. The van der Waals surface area contributed by atoms with E-state index in [4.69, 9.17) is 0 Å². The van der Waals surface area contributed by atoms with Gasteiger partial charge in [0, 0.05) is 17.7 Å². The lowest BCUT2D eigenvalue weighted by Crippen LogP contribution is -2.11. The minimum Gasteiger partial charge on any atom is -0.300 e. The zero-order chi connectivity index (χ0) is 13.7. The Morgan fingerprint density at radius 1 is 1.32 bits per heavy atom. The van der Waals surface area contributed by atoms with Crippen LogP contribution < -0.4 is 5.32 Å². The molecule has 2 rings (SSSR count). The number of thioether (sulfide) groups is 1. The van der Waals surface area contributed by atoms with E-state index in [1.54, 1.807) is 11.8 Å². The van der Waals surface area contributed by atoms with E-state index < -0.39 is 0 Å². The molecular formula is C13H15N3OS2. The fourth-order valence-corrected chi connectivity index (χ4v) is 2.62. The first-order valence-corrected chi connectivity index (χ1v) is 8.09. The molecule has 4 nitrogen and oxygen atoms in total. The summed E-state index contributed by atoms with van der Waals surface area (Å²) in [6, 6.07) is 8.09. The summed E-state index contributed by atoms with van der Waals surface area (Å²) in [5.41, 5.74) is 2.23. The molecule has 1 aromatic heterocycles. The predicted octanol–water partition coefficient (Wildman–Crippen LogP) is 3.21. The second-order valence-electron chi connectivity index (χ2n) is 4.07. The summed E-state index contributed by atoms with van der Waals surface area (Å²) in [5, 5.41) is 12.2. The van der Waals surface area contributed by atoms with Gasteiger partial charge in [-0.25, -0.2) is 0 Å². The molecule has 6 heteroatoms. The summed E-state index contributed by atoms with van der Waals surface area (Å²) < 4.78 is 0. The van der Waals surface area contributed by atoms with Crippen molar-refractivity contribution >= 4 is 34.1 Å². The fraction of sp³-hybridized carbons (Fsp3) is 0.308. The number of carbonyl (C=O) groups is 1. The summed E-state index contributed by atoms with van der Waals surface area (Å²) in [5.74, 6) is 0.802. The molecule has 0 aliphatic rings. The molecule has 1 amide bonds. The normalized spacial score (nSPS) is 10.4. The van der Waals surface area contributed by atoms with E-state index in [0.717, 1.165) is 16.3 Å². The first kappa shape index (κ1) is 14.0. The van der Waals surface area contributed by atoms with Crippen molar-refractivity contribution in [2.45, 2.75) is 13.3 Å². The molecule has 0 bridgehead atoms. The molecule has 1 aromatic carbocycles. The molecule has 0 saturated carbocycles. The van der Waals surface area contributed by atoms with Gasteiger partial charge in [0.25, 0.3) is 0 Å². The first-order chi connectivity index (χ1) is 9.19. The minimum absolute atomic E-state index is 0.0130. The van der Waals surface area contributed by atoms with Gasteiger partial charge >= 0.3 is 0 Å². The van der Waals surface area contributed by atoms with Gasteiger partial charge < -0.3 is 5.32 Å². The maximum atomic E-state index is 11.6. The van der Waals surface area contributed by atoms with Crippen LogP contribution in [0.2, 0.25) is 0 Å². The first-order valence-electron chi connectivity index (χ1n) is 5.88. The van der Waals surface area contributed by atoms with Gasteiger partial charge in [0.15, 0.2) is 0 Å². The number of nitrogens with one attached hydrogen (secondary N) is 1. The molecule has 0 saturated heterocycles. The lowest BCUT2D eigenvalue weighted by Gasteiger charge is -1.98. The van der Waals surface area contributed by atoms with Crippen LogP contribution in [0.1, 0.15) is 12.0 Å². The average Bonchev–Trinajstić information content (AvgIpc) is 2.85. The third-order valence-corrected chi connectivity index (χ3v) is 4.00. The van der Waals surface area contributed by atoms with E-state index in [-0.39, 0.29) is 5.91 Å². The topological polar surface area (TPSA) is 54.9 Å². The van der Waals surface area contributed by atoms with E-state index in [1.807, 2.05) is 37.4 Å². The number of rotatable bonds is 5. The molecule has 1 N–H and O–H groups in total.